The maximum Gasteiger partial charge on any atom is 0.330 e. The highest BCUT2D eigenvalue weighted by atomic mass is 16.7. The van der Waals surface area contributed by atoms with E-state index in [0.29, 0.717) is 0 Å². The first-order valence-electron chi connectivity index (χ1n) is 6.37. The predicted octanol–water partition coefficient (Wildman–Crippen LogP) is -1.53. The van der Waals surface area contributed by atoms with Gasteiger partial charge < -0.3 is 24.4 Å². The summed E-state index contributed by atoms with van der Waals surface area (Å²) >= 11 is 0. The van der Waals surface area contributed by atoms with Crippen LogP contribution in [0.4, 0.5) is 0 Å². The van der Waals surface area contributed by atoms with Gasteiger partial charge in [0, 0.05) is 26.8 Å². The minimum atomic E-state index is -0.930. The first-order valence-corrected chi connectivity index (χ1v) is 6.37. The van der Waals surface area contributed by atoms with Crippen molar-refractivity contribution in [2.75, 3.05) is 20.8 Å². The van der Waals surface area contributed by atoms with E-state index in [-0.39, 0.29) is 18.6 Å². The lowest BCUT2D eigenvalue weighted by Crippen LogP contribution is -2.35. The summed E-state index contributed by atoms with van der Waals surface area (Å²) in [5.74, 6) is 0. The zero-order chi connectivity index (χ0) is 15.6. The van der Waals surface area contributed by atoms with Gasteiger partial charge in [0.1, 0.15) is 12.3 Å². The fourth-order valence-corrected chi connectivity index (χ4v) is 2.28. The van der Waals surface area contributed by atoms with Crippen molar-refractivity contribution in [3.8, 4) is 0 Å². The fourth-order valence-electron chi connectivity index (χ4n) is 2.28. The van der Waals surface area contributed by atoms with Gasteiger partial charge in [0.05, 0.1) is 18.3 Å². The summed E-state index contributed by atoms with van der Waals surface area (Å²) in [7, 11) is 2.72. The van der Waals surface area contributed by atoms with Gasteiger partial charge in [-0.15, -0.1) is 0 Å². The zero-order valence-corrected chi connectivity index (χ0v) is 11.7. The van der Waals surface area contributed by atoms with Crippen LogP contribution in [0.15, 0.2) is 15.8 Å². The Labute approximate surface area is 119 Å². The Bertz CT molecular complexity index is 592. The summed E-state index contributed by atoms with van der Waals surface area (Å²) in [5, 5.41) is 18.8. The highest BCUT2D eigenvalue weighted by Crippen LogP contribution is 2.27. The molecule has 0 aliphatic carbocycles. The molecule has 2 heterocycles. The second-order valence-electron chi connectivity index (χ2n) is 4.67. The van der Waals surface area contributed by atoms with Crippen LogP contribution in [-0.2, 0) is 14.2 Å². The Morgan fingerprint density at radius 3 is 2.67 bits per heavy atom. The number of nitrogens with one attached hydrogen (secondary N) is 1. The Hall–Kier alpha value is -1.52. The number of methoxy groups -OCH3 is 2. The van der Waals surface area contributed by atoms with Crippen LogP contribution in [0.1, 0.15) is 24.5 Å². The topological polar surface area (TPSA) is 123 Å². The van der Waals surface area contributed by atoms with E-state index in [0.717, 1.165) is 4.57 Å². The molecule has 0 radical (unpaired) electrons. The van der Waals surface area contributed by atoms with Crippen LogP contribution in [0.25, 0.3) is 0 Å². The van der Waals surface area contributed by atoms with Gasteiger partial charge in [0.2, 0.25) is 0 Å². The van der Waals surface area contributed by atoms with Crippen LogP contribution in [0.2, 0.25) is 0 Å². The van der Waals surface area contributed by atoms with E-state index in [1.54, 1.807) is 0 Å². The second-order valence-corrected chi connectivity index (χ2v) is 4.67. The van der Waals surface area contributed by atoms with Crippen LogP contribution in [0.5, 0.6) is 0 Å². The number of aromatic nitrogens is 2. The van der Waals surface area contributed by atoms with E-state index in [4.69, 9.17) is 19.3 Å². The van der Waals surface area contributed by atoms with Crippen molar-refractivity contribution in [3.63, 3.8) is 0 Å². The van der Waals surface area contributed by atoms with Gasteiger partial charge in [-0.05, 0) is 0 Å². The second kappa shape index (κ2) is 6.50. The summed E-state index contributed by atoms with van der Waals surface area (Å²) in [4.78, 5) is 25.8. The highest BCUT2D eigenvalue weighted by molar-refractivity contribution is 5.07. The van der Waals surface area contributed by atoms with Gasteiger partial charge in [0.15, 0.2) is 6.29 Å². The molecule has 9 nitrogen and oxygen atoms in total. The van der Waals surface area contributed by atoms with Crippen LogP contribution < -0.4 is 11.2 Å². The molecule has 3 N–H and O–H groups in total. The lowest BCUT2D eigenvalue weighted by Gasteiger charge is -2.18. The average molecular weight is 302 g/mol. The van der Waals surface area contributed by atoms with Crippen molar-refractivity contribution in [2.24, 2.45) is 0 Å². The summed E-state index contributed by atoms with van der Waals surface area (Å²) in [5.41, 5.74) is -1.20. The molecule has 0 amide bonds. The highest BCUT2D eigenvalue weighted by Gasteiger charge is 2.35. The summed E-state index contributed by atoms with van der Waals surface area (Å²) < 4.78 is 16.5. The molecule has 118 valence electrons. The number of rotatable bonds is 5. The standard InChI is InChI=1S/C12H18N2O7/c1-19-11(20-2)6-4-14(12(18)13-10(6)17)9-3-7(16)8(5-15)21-9/h4,7-9,11,15-16H,3,5H2,1-2H3,(H,13,17,18)/t7?,8-,9-/m0/s1. The average Bonchev–Trinajstić information content (AvgIpc) is 2.83. The van der Waals surface area contributed by atoms with Gasteiger partial charge in [-0.3, -0.25) is 14.3 Å². The minimum absolute atomic E-state index is 0.102. The van der Waals surface area contributed by atoms with E-state index in [2.05, 4.69) is 4.98 Å². The lowest BCUT2D eigenvalue weighted by molar-refractivity contribution is -0.107. The van der Waals surface area contributed by atoms with E-state index in [1.165, 1.54) is 20.4 Å². The molecule has 3 atom stereocenters. The number of aromatic amines is 1. The number of aliphatic hydroxyl groups is 2. The van der Waals surface area contributed by atoms with Crippen LogP contribution in [0.3, 0.4) is 0 Å². The van der Waals surface area contributed by atoms with Gasteiger partial charge in [-0.25, -0.2) is 4.79 Å². The van der Waals surface area contributed by atoms with Crippen molar-refractivity contribution in [3.05, 3.63) is 32.6 Å². The molecule has 1 aliphatic heterocycles. The normalized spacial score (nSPS) is 25.7. The first-order chi connectivity index (χ1) is 10.0. The van der Waals surface area contributed by atoms with Crippen LogP contribution in [0, 0.1) is 0 Å². The number of H-pyrrole nitrogens is 1. The molecule has 2 rings (SSSR count). The monoisotopic (exact) mass is 302 g/mol. The van der Waals surface area contributed by atoms with Crippen molar-refractivity contribution in [2.45, 2.75) is 31.1 Å². The Morgan fingerprint density at radius 1 is 1.48 bits per heavy atom. The van der Waals surface area contributed by atoms with Crippen molar-refractivity contribution in [1.29, 1.82) is 0 Å². The number of ether oxygens (including phenoxy) is 3. The van der Waals surface area contributed by atoms with Gasteiger partial charge in [-0.1, -0.05) is 0 Å². The molecule has 0 spiro atoms. The molecule has 0 aromatic carbocycles. The first kappa shape index (κ1) is 15.9. The van der Waals surface area contributed by atoms with E-state index >= 15 is 0 Å². The minimum Gasteiger partial charge on any atom is -0.394 e. The van der Waals surface area contributed by atoms with Crippen LogP contribution in [-0.4, -0.2) is 52.8 Å². The number of aliphatic hydroxyl groups excluding tert-OH is 2. The number of hydrogen-bond acceptors (Lipinski definition) is 7. The molecule has 0 saturated carbocycles. The fraction of sp³-hybridized carbons (Fsp3) is 0.667. The van der Waals surface area contributed by atoms with Gasteiger partial charge in [-0.2, -0.15) is 0 Å². The van der Waals surface area contributed by atoms with Crippen molar-refractivity contribution < 1.29 is 24.4 Å². The third-order valence-electron chi connectivity index (χ3n) is 3.37. The summed E-state index contributed by atoms with van der Waals surface area (Å²) in [6.45, 7) is -0.360. The Balaban J connectivity index is 2.39. The van der Waals surface area contributed by atoms with E-state index in [1.807, 2.05) is 0 Å². The molecular formula is C12H18N2O7. The molecular weight excluding hydrogens is 284 g/mol. The third-order valence-corrected chi connectivity index (χ3v) is 3.37. The molecule has 1 saturated heterocycles. The molecule has 21 heavy (non-hydrogen) atoms. The van der Waals surface area contributed by atoms with E-state index < -0.39 is 36.0 Å². The molecule has 1 aromatic rings. The molecule has 0 bridgehead atoms. The number of hydrogen-bond donors (Lipinski definition) is 3. The molecule has 1 fully saturated rings. The predicted molar refractivity (Wildman–Crippen MR) is 69.7 cm³/mol. The maximum atomic E-state index is 11.9. The smallest absolute Gasteiger partial charge is 0.330 e. The Kier molecular flexibility index (Phi) is 4.91. The van der Waals surface area contributed by atoms with Gasteiger partial charge >= 0.3 is 5.69 Å². The molecule has 1 aliphatic rings. The third kappa shape index (κ3) is 3.06. The quantitative estimate of drug-likeness (QED) is 0.564. The Morgan fingerprint density at radius 2 is 2.14 bits per heavy atom. The van der Waals surface area contributed by atoms with Crippen molar-refractivity contribution in [1.82, 2.24) is 9.55 Å². The van der Waals surface area contributed by atoms with E-state index in [9.17, 15) is 14.7 Å². The molecule has 1 aromatic heterocycles. The SMILES string of the molecule is COC(OC)c1cn([C@@H]2CC(O)[C@H](CO)O2)c(=O)[nH]c1=O. The van der Waals surface area contributed by atoms with Crippen molar-refractivity contribution >= 4 is 0 Å². The zero-order valence-electron chi connectivity index (χ0n) is 11.7. The van der Waals surface area contributed by atoms with Crippen LogP contribution >= 0.6 is 0 Å². The summed E-state index contributed by atoms with van der Waals surface area (Å²) in [6, 6.07) is 0. The molecule has 9 heteroatoms. The maximum absolute atomic E-state index is 11.9. The largest absolute Gasteiger partial charge is 0.394 e. The molecule has 1 unspecified atom stereocenters. The summed E-state index contributed by atoms with van der Waals surface area (Å²) in [6.07, 6.45) is -1.96. The lowest BCUT2D eigenvalue weighted by atomic mass is 10.2. The number of nitrogens with zero attached hydrogens (tertiary/aromatic N) is 1. The van der Waals surface area contributed by atoms with Gasteiger partial charge in [0.25, 0.3) is 5.56 Å².